The van der Waals surface area contributed by atoms with Crippen LogP contribution >= 0.6 is 43.2 Å². The number of carbonyl (C=O) groups is 2. The number of allylic oxidation sites excluding steroid dienone is 1. The molecule has 1 aliphatic heterocycles. The number of thiazole rings is 1. The van der Waals surface area contributed by atoms with Crippen LogP contribution in [-0.2, 0) is 19.1 Å². The lowest BCUT2D eigenvalue weighted by Crippen LogP contribution is -2.36. The van der Waals surface area contributed by atoms with Crippen molar-refractivity contribution in [2.75, 3.05) is 5.33 Å². The van der Waals surface area contributed by atoms with Crippen LogP contribution in [0.5, 0.6) is 0 Å². The number of ether oxygens (including phenoxy) is 2. The van der Waals surface area contributed by atoms with Gasteiger partial charge in [0.05, 0.1) is 11.7 Å². The Bertz CT molecular complexity index is 1070. The molecule has 0 unspecified atom stereocenters. The Morgan fingerprint density at radius 1 is 1.28 bits per heavy atom. The highest BCUT2D eigenvalue weighted by Crippen LogP contribution is 2.37. The van der Waals surface area contributed by atoms with Crippen LogP contribution in [-0.4, -0.2) is 40.3 Å². The molecule has 1 aromatic heterocycles. The van der Waals surface area contributed by atoms with E-state index in [1.165, 1.54) is 30.4 Å². The molecule has 11 heteroatoms. The molecule has 1 aromatic carbocycles. The second kappa shape index (κ2) is 10.7. The molecule has 0 spiro atoms. The number of hydrogen-bond acceptors (Lipinski definition) is 8. The molecule has 0 saturated heterocycles. The Hall–Kier alpha value is -2.11. The molecule has 1 aliphatic rings. The fourth-order valence-corrected chi connectivity index (χ4v) is 4.54. The monoisotopic (exact) mass is 587 g/mol. The van der Waals surface area contributed by atoms with E-state index in [0.717, 1.165) is 0 Å². The number of alkyl halides is 1. The fraction of sp³-hybridized carbons (Fsp3) is 0.333. The number of nitrogens with zero attached hydrogens (tertiary/aromatic N) is 2. The minimum Gasteiger partial charge on any atom is -0.460 e. The van der Waals surface area contributed by atoms with Crippen molar-refractivity contribution in [2.24, 2.45) is 4.99 Å². The van der Waals surface area contributed by atoms with Crippen LogP contribution < -0.4 is 5.32 Å². The molecule has 0 saturated carbocycles. The Morgan fingerprint density at radius 2 is 2.03 bits per heavy atom. The highest BCUT2D eigenvalue weighted by Gasteiger charge is 2.35. The average Bonchev–Trinajstić information content (AvgIpc) is 3.27. The van der Waals surface area contributed by atoms with Crippen LogP contribution in [0.4, 0.5) is 4.39 Å². The SMILES string of the molecule is CC(C)OC(=O)[C@@H](C)OC(=O)C1=C(CBr)NC(c2nccs2)=N[C@@H]1c1ccc(F)cc1Br. The first-order valence-electron chi connectivity index (χ1n) is 9.61. The summed E-state index contributed by atoms with van der Waals surface area (Å²) in [6, 6.07) is 3.32. The van der Waals surface area contributed by atoms with Crippen LogP contribution in [0.15, 0.2) is 50.5 Å². The highest BCUT2D eigenvalue weighted by molar-refractivity contribution is 9.10. The van der Waals surface area contributed by atoms with Crippen molar-refractivity contribution in [3.05, 3.63) is 61.9 Å². The van der Waals surface area contributed by atoms with Gasteiger partial charge >= 0.3 is 11.9 Å². The largest absolute Gasteiger partial charge is 0.460 e. The van der Waals surface area contributed by atoms with Gasteiger partial charge < -0.3 is 14.8 Å². The Labute approximate surface area is 205 Å². The minimum atomic E-state index is -1.12. The number of halogens is 3. The average molecular weight is 589 g/mol. The maximum absolute atomic E-state index is 13.7. The number of aliphatic imine (C=N–C) groups is 1. The van der Waals surface area contributed by atoms with Gasteiger partial charge in [0.15, 0.2) is 16.9 Å². The number of carbonyl (C=O) groups excluding carboxylic acids is 2. The third-order valence-corrected chi connectivity index (χ3v) is 6.37. The van der Waals surface area contributed by atoms with Crippen molar-refractivity contribution in [2.45, 2.75) is 39.0 Å². The van der Waals surface area contributed by atoms with Crippen molar-refractivity contribution in [1.82, 2.24) is 10.3 Å². The van der Waals surface area contributed by atoms with Gasteiger partial charge in [-0.15, -0.1) is 11.3 Å². The van der Waals surface area contributed by atoms with Gasteiger partial charge in [0, 0.05) is 27.1 Å². The normalized spacial score (nSPS) is 17.0. The van der Waals surface area contributed by atoms with Crippen LogP contribution in [0.25, 0.3) is 0 Å². The van der Waals surface area contributed by atoms with E-state index in [1.807, 2.05) is 5.38 Å². The summed E-state index contributed by atoms with van der Waals surface area (Å²) in [5, 5.41) is 5.85. The molecular weight excluding hydrogens is 569 g/mol. The number of nitrogens with one attached hydrogen (secondary N) is 1. The molecular formula is C21H20Br2FN3O4S. The van der Waals surface area contributed by atoms with Gasteiger partial charge in [-0.1, -0.05) is 37.9 Å². The van der Waals surface area contributed by atoms with Gasteiger partial charge in [0.1, 0.15) is 11.9 Å². The van der Waals surface area contributed by atoms with Gasteiger partial charge in [-0.3, -0.25) is 4.99 Å². The van der Waals surface area contributed by atoms with Crippen LogP contribution in [0.3, 0.4) is 0 Å². The predicted octanol–water partition coefficient (Wildman–Crippen LogP) is 4.67. The van der Waals surface area contributed by atoms with Crippen LogP contribution in [0, 0.1) is 5.82 Å². The van der Waals surface area contributed by atoms with Gasteiger partial charge in [-0.05, 0) is 38.5 Å². The zero-order valence-electron chi connectivity index (χ0n) is 17.4. The maximum atomic E-state index is 13.7. The summed E-state index contributed by atoms with van der Waals surface area (Å²) in [5.41, 5.74) is 1.25. The number of hydrogen-bond donors (Lipinski definition) is 1. The number of benzene rings is 1. The molecule has 0 fully saturated rings. The van der Waals surface area contributed by atoms with Gasteiger partial charge in [-0.25, -0.2) is 19.0 Å². The summed E-state index contributed by atoms with van der Waals surface area (Å²) in [6.45, 7) is 4.86. The summed E-state index contributed by atoms with van der Waals surface area (Å²) < 4.78 is 24.7. The summed E-state index contributed by atoms with van der Waals surface area (Å²) >= 11 is 8.16. The molecule has 2 heterocycles. The molecule has 170 valence electrons. The molecule has 3 rings (SSSR count). The van der Waals surface area contributed by atoms with Gasteiger partial charge in [-0.2, -0.15) is 0 Å². The molecule has 0 amide bonds. The second-order valence-electron chi connectivity index (χ2n) is 7.07. The number of amidine groups is 1. The Morgan fingerprint density at radius 3 is 2.62 bits per heavy atom. The lowest BCUT2D eigenvalue weighted by Gasteiger charge is -2.27. The van der Waals surface area contributed by atoms with Crippen molar-refractivity contribution in [3.63, 3.8) is 0 Å². The quantitative estimate of drug-likeness (QED) is 0.373. The van der Waals surface area contributed by atoms with E-state index in [9.17, 15) is 14.0 Å². The summed E-state index contributed by atoms with van der Waals surface area (Å²) in [5.74, 6) is -1.34. The van der Waals surface area contributed by atoms with Crippen LogP contribution in [0.1, 0.15) is 37.4 Å². The first-order chi connectivity index (χ1) is 15.2. The van der Waals surface area contributed by atoms with E-state index in [-0.39, 0.29) is 17.0 Å². The lowest BCUT2D eigenvalue weighted by molar-refractivity contribution is -0.167. The molecule has 7 nitrogen and oxygen atoms in total. The smallest absolute Gasteiger partial charge is 0.347 e. The minimum absolute atomic E-state index is 0.193. The Balaban J connectivity index is 2.02. The van der Waals surface area contributed by atoms with E-state index in [4.69, 9.17) is 14.5 Å². The summed E-state index contributed by atoms with van der Waals surface area (Å²) in [6.07, 6.45) is 0.192. The van der Waals surface area contributed by atoms with E-state index >= 15 is 0 Å². The summed E-state index contributed by atoms with van der Waals surface area (Å²) in [7, 11) is 0. The Kier molecular flexibility index (Phi) is 8.18. The molecule has 2 aromatic rings. The second-order valence-corrected chi connectivity index (χ2v) is 9.38. The van der Waals surface area contributed by atoms with Gasteiger partial charge in [0.2, 0.25) is 0 Å². The van der Waals surface area contributed by atoms with E-state index in [0.29, 0.717) is 26.6 Å². The van der Waals surface area contributed by atoms with E-state index in [2.05, 4.69) is 42.2 Å². The van der Waals surface area contributed by atoms with Crippen LogP contribution in [0.2, 0.25) is 0 Å². The first-order valence-corrected chi connectivity index (χ1v) is 12.4. The molecule has 1 N–H and O–H groups in total. The molecule has 2 atom stereocenters. The molecule has 32 heavy (non-hydrogen) atoms. The third-order valence-electron chi connectivity index (χ3n) is 4.34. The predicted molar refractivity (Wildman–Crippen MR) is 126 cm³/mol. The molecule has 0 radical (unpaired) electrons. The lowest BCUT2D eigenvalue weighted by atomic mass is 9.96. The topological polar surface area (TPSA) is 89.9 Å². The number of aromatic nitrogens is 1. The van der Waals surface area contributed by atoms with E-state index in [1.54, 1.807) is 26.1 Å². The highest BCUT2D eigenvalue weighted by atomic mass is 79.9. The fourth-order valence-electron chi connectivity index (χ4n) is 2.94. The summed E-state index contributed by atoms with van der Waals surface area (Å²) in [4.78, 5) is 34.3. The van der Waals surface area contributed by atoms with Crippen molar-refractivity contribution >= 4 is 61.0 Å². The zero-order valence-corrected chi connectivity index (χ0v) is 21.4. The zero-order chi connectivity index (χ0) is 23.4. The van der Waals surface area contributed by atoms with E-state index < -0.39 is 29.9 Å². The first kappa shape index (κ1) is 24.5. The standard InChI is InChI=1S/C21H20Br2FN3O4S/c1-10(2)30-20(28)11(3)31-21(29)16-15(9-22)26-18(19-25-6-7-32-19)27-17(16)13-5-4-12(24)8-14(13)23/h4-8,10-11,17H,9H2,1-3H3,(H,26,27)/t11-,17-/m1/s1. The molecule has 0 bridgehead atoms. The maximum Gasteiger partial charge on any atom is 0.347 e. The number of esters is 2. The van der Waals surface area contributed by atoms with Crippen molar-refractivity contribution in [3.8, 4) is 0 Å². The third kappa shape index (κ3) is 5.62. The van der Waals surface area contributed by atoms with Crippen molar-refractivity contribution in [1.29, 1.82) is 0 Å². The number of rotatable bonds is 7. The van der Waals surface area contributed by atoms with Gasteiger partial charge in [0.25, 0.3) is 0 Å². The van der Waals surface area contributed by atoms with Crippen molar-refractivity contribution < 1.29 is 23.5 Å². The molecule has 0 aliphatic carbocycles.